The zero-order valence-corrected chi connectivity index (χ0v) is 11.0. The zero-order valence-electron chi connectivity index (χ0n) is 10.2. The molecule has 1 aliphatic heterocycles. The van der Waals surface area contributed by atoms with E-state index in [0.29, 0.717) is 12.2 Å². The molecule has 0 aromatic heterocycles. The second-order valence-electron chi connectivity index (χ2n) is 3.94. The van der Waals surface area contributed by atoms with Gasteiger partial charge in [0.1, 0.15) is 12.4 Å². The molecule has 0 saturated carbocycles. The minimum Gasteiger partial charge on any atom is -0.492 e. The van der Waals surface area contributed by atoms with Gasteiger partial charge in [0.25, 0.3) is 0 Å². The average molecular weight is 269 g/mol. The first-order chi connectivity index (χ1) is 8.38. The topological polar surface area (TPSA) is 45.5 Å². The van der Waals surface area contributed by atoms with Gasteiger partial charge >= 0.3 is 0 Å². The van der Waals surface area contributed by atoms with Crippen LogP contribution in [-0.2, 0) is 4.74 Å². The Morgan fingerprint density at radius 1 is 1.22 bits per heavy atom. The minimum atomic E-state index is 0. The number of nitriles is 1. The summed E-state index contributed by atoms with van der Waals surface area (Å²) in [6.07, 6.45) is 0. The first-order valence-electron chi connectivity index (χ1n) is 5.81. The molecule has 0 atom stereocenters. The predicted molar refractivity (Wildman–Crippen MR) is 71.2 cm³/mol. The molecule has 0 N–H and O–H groups in total. The lowest BCUT2D eigenvalue weighted by Crippen LogP contribution is -2.38. The van der Waals surface area contributed by atoms with E-state index in [2.05, 4.69) is 11.0 Å². The zero-order chi connectivity index (χ0) is 11.9. The number of rotatable bonds is 4. The summed E-state index contributed by atoms with van der Waals surface area (Å²) < 4.78 is 10.9. The molecule has 1 aromatic rings. The van der Waals surface area contributed by atoms with Gasteiger partial charge in [-0.1, -0.05) is 0 Å². The van der Waals surface area contributed by atoms with E-state index in [0.717, 1.165) is 38.6 Å². The SMILES string of the molecule is Cl.N#Cc1ccc(OCCN2CCOCC2)cc1. The fourth-order valence-corrected chi connectivity index (χ4v) is 1.74. The van der Waals surface area contributed by atoms with Gasteiger partial charge in [0.05, 0.1) is 24.8 Å². The maximum absolute atomic E-state index is 8.67. The molecule has 1 aliphatic rings. The Balaban J connectivity index is 0.00000162. The van der Waals surface area contributed by atoms with Gasteiger partial charge in [-0.2, -0.15) is 5.26 Å². The summed E-state index contributed by atoms with van der Waals surface area (Å²) >= 11 is 0. The number of morpholine rings is 1. The number of hydrogen-bond donors (Lipinski definition) is 0. The highest BCUT2D eigenvalue weighted by molar-refractivity contribution is 5.85. The monoisotopic (exact) mass is 268 g/mol. The van der Waals surface area contributed by atoms with Crippen molar-refractivity contribution >= 4 is 12.4 Å². The minimum absolute atomic E-state index is 0. The molecule has 0 radical (unpaired) electrons. The lowest BCUT2D eigenvalue weighted by atomic mass is 10.2. The van der Waals surface area contributed by atoms with Crippen LogP contribution in [0.1, 0.15) is 5.56 Å². The molecular weight excluding hydrogens is 252 g/mol. The summed E-state index contributed by atoms with van der Waals surface area (Å²) in [6, 6.07) is 9.28. The molecule has 1 saturated heterocycles. The van der Waals surface area contributed by atoms with Crippen molar-refractivity contribution in [1.29, 1.82) is 5.26 Å². The molecule has 4 nitrogen and oxygen atoms in total. The lowest BCUT2D eigenvalue weighted by molar-refractivity contribution is 0.0322. The van der Waals surface area contributed by atoms with E-state index in [4.69, 9.17) is 14.7 Å². The second-order valence-corrected chi connectivity index (χ2v) is 3.94. The van der Waals surface area contributed by atoms with Gasteiger partial charge < -0.3 is 9.47 Å². The van der Waals surface area contributed by atoms with Crippen molar-refractivity contribution in [3.8, 4) is 11.8 Å². The molecule has 0 aliphatic carbocycles. The number of halogens is 1. The maximum atomic E-state index is 8.67. The highest BCUT2D eigenvalue weighted by atomic mass is 35.5. The number of benzene rings is 1. The number of ether oxygens (including phenoxy) is 2. The van der Waals surface area contributed by atoms with Crippen molar-refractivity contribution in [2.75, 3.05) is 39.5 Å². The molecule has 0 spiro atoms. The summed E-state index contributed by atoms with van der Waals surface area (Å²) in [6.45, 7) is 5.19. The van der Waals surface area contributed by atoms with Crippen LogP contribution in [0.5, 0.6) is 5.75 Å². The number of nitrogens with zero attached hydrogens (tertiary/aromatic N) is 2. The lowest BCUT2D eigenvalue weighted by Gasteiger charge is -2.26. The fourth-order valence-electron chi connectivity index (χ4n) is 1.74. The third-order valence-corrected chi connectivity index (χ3v) is 2.76. The molecule has 1 fully saturated rings. The summed E-state index contributed by atoms with van der Waals surface area (Å²) in [4.78, 5) is 2.33. The van der Waals surface area contributed by atoms with E-state index >= 15 is 0 Å². The Bertz CT molecular complexity index is 383. The van der Waals surface area contributed by atoms with E-state index in [1.54, 1.807) is 12.1 Å². The standard InChI is InChI=1S/C13H16N2O2.ClH/c14-11-12-1-3-13(4-2-12)17-10-7-15-5-8-16-9-6-15;/h1-4H,5-10H2;1H. The van der Waals surface area contributed by atoms with Crippen LogP contribution < -0.4 is 4.74 Å². The summed E-state index contributed by atoms with van der Waals surface area (Å²) in [7, 11) is 0. The average Bonchev–Trinajstić information content (AvgIpc) is 2.41. The molecule has 0 amide bonds. The summed E-state index contributed by atoms with van der Waals surface area (Å²) in [5, 5.41) is 8.67. The van der Waals surface area contributed by atoms with Crippen molar-refractivity contribution in [3.05, 3.63) is 29.8 Å². The van der Waals surface area contributed by atoms with E-state index in [-0.39, 0.29) is 12.4 Å². The van der Waals surface area contributed by atoms with Crippen molar-refractivity contribution in [2.24, 2.45) is 0 Å². The van der Waals surface area contributed by atoms with Crippen LogP contribution in [0.3, 0.4) is 0 Å². The predicted octanol–water partition coefficient (Wildman–Crippen LogP) is 1.69. The third-order valence-electron chi connectivity index (χ3n) is 2.76. The van der Waals surface area contributed by atoms with Gasteiger partial charge in [0, 0.05) is 19.6 Å². The van der Waals surface area contributed by atoms with Gasteiger partial charge in [0.15, 0.2) is 0 Å². The summed E-state index contributed by atoms with van der Waals surface area (Å²) in [5.41, 5.74) is 0.658. The molecule has 5 heteroatoms. The van der Waals surface area contributed by atoms with Crippen molar-refractivity contribution in [2.45, 2.75) is 0 Å². The van der Waals surface area contributed by atoms with E-state index in [9.17, 15) is 0 Å². The van der Waals surface area contributed by atoms with Crippen LogP contribution in [-0.4, -0.2) is 44.4 Å². The van der Waals surface area contributed by atoms with Gasteiger partial charge in [-0.05, 0) is 24.3 Å². The van der Waals surface area contributed by atoms with E-state index in [1.807, 2.05) is 12.1 Å². The molecular formula is C13H17ClN2O2. The first-order valence-corrected chi connectivity index (χ1v) is 5.81. The molecule has 2 rings (SSSR count). The molecule has 98 valence electrons. The van der Waals surface area contributed by atoms with Gasteiger partial charge in [-0.25, -0.2) is 0 Å². The first kappa shape index (κ1) is 14.8. The molecule has 1 heterocycles. The van der Waals surface area contributed by atoms with E-state index < -0.39 is 0 Å². The van der Waals surface area contributed by atoms with E-state index in [1.165, 1.54) is 0 Å². The Labute approximate surface area is 114 Å². The Kier molecular flexibility index (Phi) is 6.51. The van der Waals surface area contributed by atoms with Crippen LogP contribution in [0.2, 0.25) is 0 Å². The Morgan fingerprint density at radius 2 is 1.89 bits per heavy atom. The van der Waals surface area contributed by atoms with Crippen molar-refractivity contribution < 1.29 is 9.47 Å². The van der Waals surface area contributed by atoms with Crippen LogP contribution in [0.15, 0.2) is 24.3 Å². The smallest absolute Gasteiger partial charge is 0.119 e. The van der Waals surface area contributed by atoms with Crippen LogP contribution >= 0.6 is 12.4 Å². The van der Waals surface area contributed by atoms with Crippen molar-refractivity contribution in [3.63, 3.8) is 0 Å². The Morgan fingerprint density at radius 3 is 2.50 bits per heavy atom. The third kappa shape index (κ3) is 4.53. The fraction of sp³-hybridized carbons (Fsp3) is 0.462. The van der Waals surface area contributed by atoms with Crippen molar-refractivity contribution in [1.82, 2.24) is 4.90 Å². The van der Waals surface area contributed by atoms with Gasteiger partial charge in [-0.3, -0.25) is 4.90 Å². The van der Waals surface area contributed by atoms with Gasteiger partial charge in [-0.15, -0.1) is 12.4 Å². The van der Waals surface area contributed by atoms with Crippen LogP contribution in [0, 0.1) is 11.3 Å². The van der Waals surface area contributed by atoms with Gasteiger partial charge in [0.2, 0.25) is 0 Å². The summed E-state index contributed by atoms with van der Waals surface area (Å²) in [5.74, 6) is 0.817. The quantitative estimate of drug-likeness (QED) is 0.834. The van der Waals surface area contributed by atoms with Crippen LogP contribution in [0.25, 0.3) is 0 Å². The molecule has 0 bridgehead atoms. The molecule has 0 unspecified atom stereocenters. The largest absolute Gasteiger partial charge is 0.492 e. The molecule has 18 heavy (non-hydrogen) atoms. The maximum Gasteiger partial charge on any atom is 0.119 e. The highest BCUT2D eigenvalue weighted by Crippen LogP contribution is 2.11. The molecule has 1 aromatic carbocycles. The highest BCUT2D eigenvalue weighted by Gasteiger charge is 2.09. The normalized spacial score (nSPS) is 15.5. The second kappa shape index (κ2) is 7.93. The Hall–Kier alpha value is -1.28. The number of hydrogen-bond acceptors (Lipinski definition) is 4. The van der Waals surface area contributed by atoms with Crippen LogP contribution in [0.4, 0.5) is 0 Å².